The Kier molecular flexibility index (Phi) is 3.90. The van der Waals surface area contributed by atoms with Gasteiger partial charge in [-0.1, -0.05) is 27.7 Å². The lowest BCUT2D eigenvalue weighted by atomic mass is 10.0. The van der Waals surface area contributed by atoms with E-state index in [0.29, 0.717) is 11.8 Å². The summed E-state index contributed by atoms with van der Waals surface area (Å²) in [5.74, 6) is 1.68. The fourth-order valence-electron chi connectivity index (χ4n) is 2.29. The van der Waals surface area contributed by atoms with E-state index < -0.39 is 0 Å². The summed E-state index contributed by atoms with van der Waals surface area (Å²) in [4.78, 5) is 14.9. The van der Waals surface area contributed by atoms with Crippen molar-refractivity contribution < 1.29 is 0 Å². The highest BCUT2D eigenvalue weighted by molar-refractivity contribution is 5.82. The van der Waals surface area contributed by atoms with Crippen molar-refractivity contribution in [2.45, 2.75) is 46.1 Å². The zero-order valence-corrected chi connectivity index (χ0v) is 12.8. The van der Waals surface area contributed by atoms with Crippen molar-refractivity contribution in [2.75, 3.05) is 14.1 Å². The molecule has 2 rings (SSSR count). The molecule has 2 aromatic rings. The van der Waals surface area contributed by atoms with Crippen molar-refractivity contribution in [3.63, 3.8) is 0 Å². The van der Waals surface area contributed by atoms with Crippen LogP contribution in [0.2, 0.25) is 0 Å². The van der Waals surface area contributed by atoms with E-state index in [-0.39, 0.29) is 0 Å². The third-order valence-corrected chi connectivity index (χ3v) is 3.21. The van der Waals surface area contributed by atoms with E-state index in [2.05, 4.69) is 62.9 Å². The zero-order valence-electron chi connectivity index (χ0n) is 12.8. The first kappa shape index (κ1) is 14.0. The predicted octanol–water partition coefficient (Wildman–Crippen LogP) is 3.27. The van der Waals surface area contributed by atoms with Gasteiger partial charge >= 0.3 is 0 Å². The molecule has 2 aromatic heterocycles. The van der Waals surface area contributed by atoms with E-state index in [0.717, 1.165) is 23.7 Å². The molecule has 0 spiro atoms. The molecule has 0 aliphatic carbocycles. The van der Waals surface area contributed by atoms with Crippen LogP contribution in [0.4, 0.5) is 0 Å². The topological polar surface area (TPSA) is 44.8 Å². The van der Waals surface area contributed by atoms with E-state index in [1.54, 1.807) is 0 Å². The summed E-state index contributed by atoms with van der Waals surface area (Å²) < 4.78 is 0. The minimum Gasteiger partial charge on any atom is -0.346 e. The maximum atomic E-state index is 4.79. The number of nitrogens with one attached hydrogen (secondary N) is 1. The molecule has 19 heavy (non-hydrogen) atoms. The fourth-order valence-corrected chi connectivity index (χ4v) is 2.29. The lowest BCUT2D eigenvalue weighted by Crippen LogP contribution is -2.11. The van der Waals surface area contributed by atoms with E-state index in [1.165, 1.54) is 10.9 Å². The van der Waals surface area contributed by atoms with Crippen LogP contribution in [0.5, 0.6) is 0 Å². The predicted molar refractivity (Wildman–Crippen MR) is 79.5 cm³/mol. The smallest absolute Gasteiger partial charge is 0.141 e. The van der Waals surface area contributed by atoms with Crippen LogP contribution in [0.3, 0.4) is 0 Å². The van der Waals surface area contributed by atoms with Crippen LogP contribution in [-0.2, 0) is 6.54 Å². The molecule has 0 unspecified atom stereocenters. The summed E-state index contributed by atoms with van der Waals surface area (Å²) in [5.41, 5.74) is 3.41. The molecule has 2 heterocycles. The first-order chi connectivity index (χ1) is 8.90. The molecule has 1 N–H and O–H groups in total. The molecule has 0 aliphatic heterocycles. The van der Waals surface area contributed by atoms with Crippen molar-refractivity contribution in [3.05, 3.63) is 23.3 Å². The van der Waals surface area contributed by atoms with E-state index in [1.807, 2.05) is 0 Å². The van der Waals surface area contributed by atoms with Crippen LogP contribution in [0, 0.1) is 0 Å². The Bertz CT molecular complexity index is 567. The van der Waals surface area contributed by atoms with Crippen LogP contribution in [0.25, 0.3) is 11.0 Å². The van der Waals surface area contributed by atoms with Gasteiger partial charge in [-0.15, -0.1) is 0 Å². The average Bonchev–Trinajstić information content (AvgIpc) is 2.70. The minimum atomic E-state index is 0.350. The highest BCUT2D eigenvalue weighted by Gasteiger charge is 2.17. The Labute approximate surface area is 115 Å². The molecular weight excluding hydrogens is 236 g/mol. The van der Waals surface area contributed by atoms with Crippen LogP contribution in [-0.4, -0.2) is 33.9 Å². The van der Waals surface area contributed by atoms with Crippen LogP contribution < -0.4 is 0 Å². The zero-order chi connectivity index (χ0) is 14.2. The maximum absolute atomic E-state index is 4.79. The van der Waals surface area contributed by atoms with Gasteiger partial charge < -0.3 is 9.88 Å². The van der Waals surface area contributed by atoms with Gasteiger partial charge in [0.2, 0.25) is 0 Å². The molecule has 0 aromatic carbocycles. The van der Waals surface area contributed by atoms with E-state index >= 15 is 0 Å². The average molecular weight is 260 g/mol. The number of H-pyrrole nitrogens is 1. The van der Waals surface area contributed by atoms with Gasteiger partial charge in [-0.3, -0.25) is 0 Å². The standard InChI is InChI=1S/C15H24N4/c1-9(2)13-12-11(8-19(5)6)7-16-15(12)18-14(17-13)10(3)4/h7,9-10H,8H2,1-6H3,(H,16,17,18). The molecule has 0 radical (unpaired) electrons. The summed E-state index contributed by atoms with van der Waals surface area (Å²) >= 11 is 0. The van der Waals surface area contributed by atoms with Gasteiger partial charge in [0.1, 0.15) is 11.5 Å². The highest BCUT2D eigenvalue weighted by atomic mass is 15.1. The fraction of sp³-hybridized carbons (Fsp3) is 0.600. The van der Waals surface area contributed by atoms with Crippen molar-refractivity contribution in [2.24, 2.45) is 0 Å². The quantitative estimate of drug-likeness (QED) is 0.917. The summed E-state index contributed by atoms with van der Waals surface area (Å²) in [7, 11) is 4.16. The normalized spacial score (nSPS) is 12.3. The van der Waals surface area contributed by atoms with Crippen LogP contribution in [0.1, 0.15) is 56.6 Å². The SMILES string of the molecule is CC(C)c1nc(C(C)C)c2c(CN(C)C)c[nH]c2n1. The van der Waals surface area contributed by atoms with Gasteiger partial charge in [-0.25, -0.2) is 9.97 Å². The van der Waals surface area contributed by atoms with Crippen molar-refractivity contribution in [1.29, 1.82) is 0 Å². The second kappa shape index (κ2) is 5.29. The van der Waals surface area contributed by atoms with Crippen molar-refractivity contribution >= 4 is 11.0 Å². The Hall–Kier alpha value is -1.42. The molecule has 4 heteroatoms. The largest absolute Gasteiger partial charge is 0.346 e. The molecule has 0 aliphatic rings. The minimum absolute atomic E-state index is 0.350. The number of hydrogen-bond donors (Lipinski definition) is 1. The molecule has 4 nitrogen and oxygen atoms in total. The van der Waals surface area contributed by atoms with Crippen molar-refractivity contribution in [3.8, 4) is 0 Å². The lowest BCUT2D eigenvalue weighted by molar-refractivity contribution is 0.404. The number of aromatic nitrogens is 3. The van der Waals surface area contributed by atoms with Gasteiger partial charge in [0.05, 0.1) is 5.69 Å². The highest BCUT2D eigenvalue weighted by Crippen LogP contribution is 2.28. The van der Waals surface area contributed by atoms with Gasteiger partial charge in [0, 0.05) is 24.0 Å². The third-order valence-electron chi connectivity index (χ3n) is 3.21. The van der Waals surface area contributed by atoms with Gasteiger partial charge in [-0.2, -0.15) is 0 Å². The molecule has 0 amide bonds. The van der Waals surface area contributed by atoms with Gasteiger partial charge in [0.25, 0.3) is 0 Å². The Morgan fingerprint density at radius 3 is 2.32 bits per heavy atom. The molecular formula is C15H24N4. The summed E-state index contributed by atoms with van der Waals surface area (Å²) in [6.07, 6.45) is 2.06. The second-order valence-electron chi connectivity index (χ2n) is 6.05. The Morgan fingerprint density at radius 2 is 1.79 bits per heavy atom. The summed E-state index contributed by atoms with van der Waals surface area (Å²) in [5, 5.41) is 1.20. The van der Waals surface area contributed by atoms with Gasteiger partial charge in [-0.05, 0) is 25.6 Å². The van der Waals surface area contributed by atoms with Gasteiger partial charge in [0.15, 0.2) is 0 Å². The number of aromatic amines is 1. The molecule has 0 atom stereocenters. The van der Waals surface area contributed by atoms with Crippen LogP contribution >= 0.6 is 0 Å². The van der Waals surface area contributed by atoms with E-state index in [9.17, 15) is 0 Å². The van der Waals surface area contributed by atoms with E-state index in [4.69, 9.17) is 4.98 Å². The number of fused-ring (bicyclic) bond motifs is 1. The molecule has 0 saturated carbocycles. The first-order valence-electron chi connectivity index (χ1n) is 6.92. The number of rotatable bonds is 4. The number of hydrogen-bond acceptors (Lipinski definition) is 3. The monoisotopic (exact) mass is 260 g/mol. The maximum Gasteiger partial charge on any atom is 0.141 e. The molecule has 0 bridgehead atoms. The summed E-state index contributed by atoms with van der Waals surface area (Å²) in [6, 6.07) is 0. The third kappa shape index (κ3) is 2.78. The Balaban J connectivity index is 2.64. The second-order valence-corrected chi connectivity index (χ2v) is 6.05. The first-order valence-corrected chi connectivity index (χ1v) is 6.92. The Morgan fingerprint density at radius 1 is 1.11 bits per heavy atom. The lowest BCUT2D eigenvalue weighted by Gasteiger charge is -2.13. The molecule has 0 saturated heterocycles. The van der Waals surface area contributed by atoms with Crippen LogP contribution in [0.15, 0.2) is 6.20 Å². The molecule has 104 valence electrons. The number of nitrogens with zero attached hydrogens (tertiary/aromatic N) is 3. The van der Waals surface area contributed by atoms with Crippen molar-refractivity contribution in [1.82, 2.24) is 19.9 Å². The summed E-state index contributed by atoms with van der Waals surface area (Å²) in [6.45, 7) is 9.56. The molecule has 0 fully saturated rings.